The lowest BCUT2D eigenvalue weighted by molar-refractivity contribution is 0.264. The molecule has 2 rings (SSSR count). The molecule has 118 valence electrons. The van der Waals surface area contributed by atoms with E-state index in [-0.39, 0.29) is 0 Å². The van der Waals surface area contributed by atoms with E-state index in [0.717, 1.165) is 32.2 Å². The van der Waals surface area contributed by atoms with Crippen LogP contribution >= 0.6 is 0 Å². The Hall–Kier alpha value is -0.160. The van der Waals surface area contributed by atoms with Crippen molar-refractivity contribution in [2.75, 3.05) is 58.9 Å². The van der Waals surface area contributed by atoms with Crippen molar-refractivity contribution >= 4 is 0 Å². The molecule has 2 fully saturated rings. The van der Waals surface area contributed by atoms with Gasteiger partial charge in [0, 0.05) is 32.2 Å². The molecule has 2 aliphatic rings. The summed E-state index contributed by atoms with van der Waals surface area (Å²) < 4.78 is 0. The fraction of sp³-hybridized carbons (Fsp3) is 1.00. The van der Waals surface area contributed by atoms with Crippen LogP contribution in [0.3, 0.4) is 0 Å². The first-order valence-electron chi connectivity index (χ1n) is 8.74. The zero-order valence-electron chi connectivity index (χ0n) is 13.4. The number of nitrogens with one attached hydrogen (secondary N) is 2. The van der Waals surface area contributed by atoms with Crippen LogP contribution in [-0.4, -0.2) is 74.7 Å². The van der Waals surface area contributed by atoms with Crippen molar-refractivity contribution in [3.8, 4) is 0 Å². The van der Waals surface area contributed by atoms with Gasteiger partial charge in [0.2, 0.25) is 0 Å². The van der Waals surface area contributed by atoms with Crippen molar-refractivity contribution in [2.24, 2.45) is 0 Å². The molecule has 0 aromatic carbocycles. The SMILES string of the molecule is CC1CCCN1CCCNCCNCCN1CCCC1. The molecule has 0 aromatic heterocycles. The molecule has 0 spiro atoms. The third kappa shape index (κ3) is 6.08. The zero-order chi connectivity index (χ0) is 14.0. The maximum Gasteiger partial charge on any atom is 0.0107 e. The first-order chi connectivity index (χ1) is 9.86. The molecule has 4 nitrogen and oxygen atoms in total. The van der Waals surface area contributed by atoms with E-state index in [0.29, 0.717) is 0 Å². The van der Waals surface area contributed by atoms with E-state index in [2.05, 4.69) is 27.4 Å². The second-order valence-electron chi connectivity index (χ2n) is 6.43. The van der Waals surface area contributed by atoms with E-state index < -0.39 is 0 Å². The van der Waals surface area contributed by atoms with Crippen molar-refractivity contribution in [2.45, 2.75) is 45.1 Å². The quantitative estimate of drug-likeness (QED) is 0.588. The van der Waals surface area contributed by atoms with E-state index in [1.807, 2.05) is 0 Å². The molecular formula is C16H34N4. The Labute approximate surface area is 125 Å². The highest BCUT2D eigenvalue weighted by atomic mass is 15.2. The van der Waals surface area contributed by atoms with Gasteiger partial charge in [-0.05, 0) is 71.8 Å². The molecule has 0 aliphatic carbocycles. The highest BCUT2D eigenvalue weighted by molar-refractivity contribution is 4.75. The van der Waals surface area contributed by atoms with Gasteiger partial charge in [0.25, 0.3) is 0 Å². The predicted octanol–water partition coefficient (Wildman–Crippen LogP) is 1.14. The molecule has 4 heteroatoms. The first kappa shape index (κ1) is 16.2. The van der Waals surface area contributed by atoms with Crippen molar-refractivity contribution in [3.05, 3.63) is 0 Å². The maximum absolute atomic E-state index is 3.55. The van der Waals surface area contributed by atoms with Gasteiger partial charge in [-0.1, -0.05) is 0 Å². The molecular weight excluding hydrogens is 248 g/mol. The Morgan fingerprint density at radius 2 is 1.60 bits per heavy atom. The summed E-state index contributed by atoms with van der Waals surface area (Å²) in [5, 5.41) is 7.09. The van der Waals surface area contributed by atoms with Crippen LogP contribution in [0, 0.1) is 0 Å². The predicted molar refractivity (Wildman–Crippen MR) is 86.3 cm³/mol. The van der Waals surface area contributed by atoms with Gasteiger partial charge in [0.15, 0.2) is 0 Å². The van der Waals surface area contributed by atoms with Gasteiger partial charge in [-0.3, -0.25) is 0 Å². The lowest BCUT2D eigenvalue weighted by atomic mass is 10.2. The average Bonchev–Trinajstić information content (AvgIpc) is 3.09. The summed E-state index contributed by atoms with van der Waals surface area (Å²) >= 11 is 0. The monoisotopic (exact) mass is 282 g/mol. The summed E-state index contributed by atoms with van der Waals surface area (Å²) in [6.07, 6.45) is 6.89. The van der Waals surface area contributed by atoms with E-state index in [9.17, 15) is 0 Å². The Morgan fingerprint density at radius 3 is 2.30 bits per heavy atom. The summed E-state index contributed by atoms with van der Waals surface area (Å²) in [7, 11) is 0. The minimum Gasteiger partial charge on any atom is -0.315 e. The van der Waals surface area contributed by atoms with Crippen molar-refractivity contribution in [1.29, 1.82) is 0 Å². The van der Waals surface area contributed by atoms with Crippen LogP contribution in [0.4, 0.5) is 0 Å². The third-order valence-electron chi connectivity index (χ3n) is 4.77. The normalized spacial score (nSPS) is 24.8. The standard InChI is InChI=1S/C16H34N4/c1-16-6-4-13-20(16)14-5-7-17-8-9-18-10-15-19-11-2-3-12-19/h16-18H,2-15H2,1H3. The van der Waals surface area contributed by atoms with Gasteiger partial charge in [0.05, 0.1) is 0 Å². The van der Waals surface area contributed by atoms with Crippen molar-refractivity contribution in [3.63, 3.8) is 0 Å². The Kier molecular flexibility index (Phi) is 7.88. The van der Waals surface area contributed by atoms with Gasteiger partial charge in [-0.2, -0.15) is 0 Å². The van der Waals surface area contributed by atoms with Crippen LogP contribution in [0.1, 0.15) is 39.0 Å². The van der Waals surface area contributed by atoms with Gasteiger partial charge < -0.3 is 20.4 Å². The summed E-state index contributed by atoms with van der Waals surface area (Å²) in [6.45, 7) is 13.3. The Balaban J connectivity index is 1.31. The lowest BCUT2D eigenvalue weighted by Crippen LogP contribution is -2.35. The minimum absolute atomic E-state index is 0.822. The largest absolute Gasteiger partial charge is 0.315 e. The molecule has 0 amide bonds. The smallest absolute Gasteiger partial charge is 0.0107 e. The van der Waals surface area contributed by atoms with Crippen molar-refractivity contribution in [1.82, 2.24) is 20.4 Å². The number of nitrogens with zero attached hydrogens (tertiary/aromatic N) is 2. The van der Waals surface area contributed by atoms with Crippen LogP contribution < -0.4 is 10.6 Å². The van der Waals surface area contributed by atoms with Crippen LogP contribution in [0.15, 0.2) is 0 Å². The second-order valence-corrected chi connectivity index (χ2v) is 6.43. The Bertz CT molecular complexity index is 241. The summed E-state index contributed by atoms with van der Waals surface area (Å²) in [5.41, 5.74) is 0. The molecule has 0 radical (unpaired) electrons. The highest BCUT2D eigenvalue weighted by Crippen LogP contribution is 2.15. The fourth-order valence-electron chi connectivity index (χ4n) is 3.40. The van der Waals surface area contributed by atoms with E-state index in [4.69, 9.17) is 0 Å². The minimum atomic E-state index is 0.822. The second kappa shape index (κ2) is 9.72. The number of hydrogen-bond acceptors (Lipinski definition) is 4. The number of hydrogen-bond donors (Lipinski definition) is 2. The third-order valence-corrected chi connectivity index (χ3v) is 4.77. The lowest BCUT2D eigenvalue weighted by Gasteiger charge is -2.20. The summed E-state index contributed by atoms with van der Waals surface area (Å²) in [4.78, 5) is 5.20. The summed E-state index contributed by atoms with van der Waals surface area (Å²) in [5.74, 6) is 0. The van der Waals surface area contributed by atoms with Crippen LogP contribution in [0.25, 0.3) is 0 Å². The van der Waals surface area contributed by atoms with E-state index in [1.54, 1.807) is 0 Å². The zero-order valence-corrected chi connectivity index (χ0v) is 13.4. The number of likely N-dealkylation sites (tertiary alicyclic amines) is 2. The molecule has 0 aromatic rings. The molecule has 1 atom stereocenters. The molecule has 0 bridgehead atoms. The Morgan fingerprint density at radius 1 is 0.850 bits per heavy atom. The van der Waals surface area contributed by atoms with Crippen molar-refractivity contribution < 1.29 is 0 Å². The van der Waals surface area contributed by atoms with Crippen LogP contribution in [0.5, 0.6) is 0 Å². The molecule has 2 heterocycles. The van der Waals surface area contributed by atoms with Crippen LogP contribution in [-0.2, 0) is 0 Å². The van der Waals surface area contributed by atoms with Gasteiger partial charge in [-0.15, -0.1) is 0 Å². The fourth-order valence-corrected chi connectivity index (χ4v) is 3.40. The molecule has 2 aliphatic heterocycles. The number of rotatable bonds is 10. The van der Waals surface area contributed by atoms with Gasteiger partial charge >= 0.3 is 0 Å². The molecule has 20 heavy (non-hydrogen) atoms. The average molecular weight is 282 g/mol. The van der Waals surface area contributed by atoms with Gasteiger partial charge in [-0.25, -0.2) is 0 Å². The molecule has 0 saturated carbocycles. The summed E-state index contributed by atoms with van der Waals surface area (Å²) in [6, 6.07) is 0.822. The highest BCUT2D eigenvalue weighted by Gasteiger charge is 2.18. The van der Waals surface area contributed by atoms with Crippen LogP contribution in [0.2, 0.25) is 0 Å². The molecule has 2 N–H and O–H groups in total. The van der Waals surface area contributed by atoms with Gasteiger partial charge in [0.1, 0.15) is 0 Å². The topological polar surface area (TPSA) is 30.5 Å². The molecule has 2 saturated heterocycles. The first-order valence-corrected chi connectivity index (χ1v) is 8.74. The van der Waals surface area contributed by atoms with E-state index >= 15 is 0 Å². The maximum atomic E-state index is 3.55. The molecule has 1 unspecified atom stereocenters. The van der Waals surface area contributed by atoms with E-state index in [1.165, 1.54) is 64.8 Å².